The first-order chi connectivity index (χ1) is 34.5. The highest BCUT2D eigenvalue weighted by Crippen LogP contribution is 2.45. The lowest BCUT2D eigenvalue weighted by atomic mass is 10.0. The topological polar surface area (TPSA) is 237 Å². The van der Waals surface area contributed by atoms with Crippen LogP contribution in [0.4, 0.5) is 0 Å². The van der Waals surface area contributed by atoms with Crippen molar-refractivity contribution in [1.29, 1.82) is 0 Å². The summed E-state index contributed by atoms with van der Waals surface area (Å²) >= 11 is 0. The van der Waals surface area contributed by atoms with Gasteiger partial charge in [0, 0.05) is 25.7 Å². The Morgan fingerprint density at radius 1 is 0.375 bits per heavy atom. The van der Waals surface area contributed by atoms with Crippen molar-refractivity contribution in [3.05, 3.63) is 0 Å². The molecule has 0 fully saturated rings. The number of aliphatic hydroxyl groups excluding tert-OH is 1. The summed E-state index contributed by atoms with van der Waals surface area (Å²) in [5.74, 6) is -1.39. The Morgan fingerprint density at radius 3 is 0.944 bits per heavy atom. The van der Waals surface area contributed by atoms with Gasteiger partial charge in [0.05, 0.1) is 26.4 Å². The van der Waals surface area contributed by atoms with E-state index < -0.39 is 97.5 Å². The number of aliphatic hydroxyl groups is 1. The maximum atomic E-state index is 12.8. The Hall–Kier alpha value is -1.94. The van der Waals surface area contributed by atoms with E-state index in [-0.39, 0.29) is 25.7 Å². The molecule has 0 aromatic rings. The number of phosphoric acid groups is 2. The maximum Gasteiger partial charge on any atom is 0.472 e. The number of phosphoric ester groups is 2. The van der Waals surface area contributed by atoms with Crippen molar-refractivity contribution < 1.29 is 80.2 Å². The largest absolute Gasteiger partial charge is 0.472 e. The Morgan fingerprint density at radius 2 is 0.639 bits per heavy atom. The molecular formula is C53H102O17P2. The zero-order chi connectivity index (χ0) is 53.6. The highest BCUT2D eigenvalue weighted by atomic mass is 31.2. The van der Waals surface area contributed by atoms with Crippen molar-refractivity contribution in [3.8, 4) is 0 Å². The fraction of sp³-hybridized carbons (Fsp3) is 0.925. The average molecular weight is 1070 g/mol. The van der Waals surface area contributed by atoms with E-state index in [9.17, 15) is 43.2 Å². The van der Waals surface area contributed by atoms with Gasteiger partial charge in [-0.05, 0) is 31.6 Å². The Kier molecular flexibility index (Phi) is 46.2. The third-order valence-electron chi connectivity index (χ3n) is 12.0. The molecule has 0 aliphatic rings. The van der Waals surface area contributed by atoms with Gasteiger partial charge in [-0.15, -0.1) is 0 Å². The molecule has 0 radical (unpaired) electrons. The fourth-order valence-corrected chi connectivity index (χ4v) is 9.22. The van der Waals surface area contributed by atoms with E-state index in [0.717, 1.165) is 109 Å². The van der Waals surface area contributed by atoms with Gasteiger partial charge in [0.15, 0.2) is 12.2 Å². The van der Waals surface area contributed by atoms with Gasteiger partial charge in [0.25, 0.3) is 0 Å². The predicted molar refractivity (Wildman–Crippen MR) is 280 cm³/mol. The molecule has 2 unspecified atom stereocenters. The quantitative estimate of drug-likeness (QED) is 0.0222. The van der Waals surface area contributed by atoms with Crippen LogP contribution in [0.5, 0.6) is 0 Å². The van der Waals surface area contributed by atoms with Gasteiger partial charge >= 0.3 is 39.5 Å². The van der Waals surface area contributed by atoms with Crippen LogP contribution in [0.3, 0.4) is 0 Å². The fourth-order valence-electron chi connectivity index (χ4n) is 7.64. The average Bonchev–Trinajstić information content (AvgIpc) is 3.34. The van der Waals surface area contributed by atoms with Crippen LogP contribution in [0.1, 0.15) is 253 Å². The number of esters is 4. The summed E-state index contributed by atoms with van der Waals surface area (Å²) in [7, 11) is -9.84. The number of carbonyl (C=O) groups excluding carboxylic acids is 4. The molecule has 0 aliphatic heterocycles. The lowest BCUT2D eigenvalue weighted by molar-refractivity contribution is -0.161. The minimum Gasteiger partial charge on any atom is -0.462 e. The molecule has 426 valence electrons. The lowest BCUT2D eigenvalue weighted by Gasteiger charge is -2.21. The standard InChI is InChI=1S/C53H102O17P2/c1-6-9-12-25-31-36-50(55)63-42-48(69-52(57)38-33-27-14-11-8-3)44-67-71(59,60)65-40-47(54)41-66-72(61,62)68-45-49(43-64-51(56)37-32-26-13-10-7-2)70-53(58)39-34-29-24-22-20-18-16-15-17-19-21-23-28-30-35-46(4)5/h46-49,54H,6-45H2,1-5H3,(H,59,60)(H,61,62)/t47-,48+,49+/m0/s1. The van der Waals surface area contributed by atoms with Crippen LogP contribution >= 0.6 is 15.6 Å². The normalized spacial score (nSPS) is 14.6. The molecule has 0 aromatic carbocycles. The number of ether oxygens (including phenoxy) is 4. The Labute approximate surface area is 435 Å². The van der Waals surface area contributed by atoms with Crippen LogP contribution in [0.15, 0.2) is 0 Å². The van der Waals surface area contributed by atoms with Gasteiger partial charge in [-0.2, -0.15) is 0 Å². The zero-order valence-electron chi connectivity index (χ0n) is 45.5. The number of carbonyl (C=O) groups is 4. The SMILES string of the molecule is CCCCCCCC(=O)OC[C@H](COP(=O)(O)OC[C@H](O)COP(=O)(O)OC[C@@H](COC(=O)CCCCCCC)OC(=O)CCCCCCCCCCCCCCCCC(C)C)OC(=O)CCCCCCC. The summed E-state index contributed by atoms with van der Waals surface area (Å²) in [6.45, 7) is 6.86. The van der Waals surface area contributed by atoms with Crippen molar-refractivity contribution in [3.63, 3.8) is 0 Å². The first-order valence-electron chi connectivity index (χ1n) is 28.1. The molecule has 17 nitrogen and oxygen atoms in total. The highest BCUT2D eigenvalue weighted by molar-refractivity contribution is 7.47. The van der Waals surface area contributed by atoms with Crippen LogP contribution < -0.4 is 0 Å². The van der Waals surface area contributed by atoms with Crippen LogP contribution in [-0.2, 0) is 65.4 Å². The van der Waals surface area contributed by atoms with Crippen molar-refractivity contribution >= 4 is 39.5 Å². The van der Waals surface area contributed by atoms with Gasteiger partial charge in [0.1, 0.15) is 19.3 Å². The molecule has 0 aliphatic carbocycles. The highest BCUT2D eigenvalue weighted by Gasteiger charge is 2.30. The minimum atomic E-state index is -4.92. The van der Waals surface area contributed by atoms with Crippen LogP contribution in [-0.4, -0.2) is 96.7 Å². The third-order valence-corrected chi connectivity index (χ3v) is 13.9. The zero-order valence-corrected chi connectivity index (χ0v) is 47.3. The first kappa shape index (κ1) is 70.1. The van der Waals surface area contributed by atoms with Crippen molar-refractivity contribution in [2.75, 3.05) is 39.6 Å². The molecule has 0 saturated heterocycles. The van der Waals surface area contributed by atoms with Crippen molar-refractivity contribution in [2.45, 2.75) is 271 Å². The molecule has 0 bridgehead atoms. The van der Waals surface area contributed by atoms with E-state index in [1.165, 1.54) is 64.2 Å². The molecule has 0 amide bonds. The van der Waals surface area contributed by atoms with Gasteiger partial charge in [-0.3, -0.25) is 37.3 Å². The molecule has 0 rings (SSSR count). The molecule has 0 heterocycles. The number of unbranched alkanes of at least 4 members (excludes halogenated alkanes) is 25. The Bertz CT molecular complexity index is 1430. The maximum absolute atomic E-state index is 12.8. The van der Waals surface area contributed by atoms with E-state index in [1.807, 2.05) is 0 Å². The molecule has 5 atom stereocenters. The number of hydrogen-bond donors (Lipinski definition) is 3. The summed E-state index contributed by atoms with van der Waals surface area (Å²) in [5.41, 5.74) is 0. The summed E-state index contributed by atoms with van der Waals surface area (Å²) < 4.78 is 66.9. The monoisotopic (exact) mass is 1070 g/mol. The predicted octanol–water partition coefficient (Wildman–Crippen LogP) is 13.5. The second-order valence-electron chi connectivity index (χ2n) is 19.7. The molecule has 0 saturated carbocycles. The molecule has 0 spiro atoms. The van der Waals surface area contributed by atoms with Gasteiger partial charge in [0.2, 0.25) is 0 Å². The van der Waals surface area contributed by atoms with Crippen LogP contribution in [0, 0.1) is 5.92 Å². The van der Waals surface area contributed by atoms with Crippen molar-refractivity contribution in [1.82, 2.24) is 0 Å². The van der Waals surface area contributed by atoms with Crippen molar-refractivity contribution in [2.24, 2.45) is 5.92 Å². The first-order valence-corrected chi connectivity index (χ1v) is 31.1. The summed E-state index contributed by atoms with van der Waals surface area (Å²) in [4.78, 5) is 70.9. The van der Waals surface area contributed by atoms with Crippen LogP contribution in [0.2, 0.25) is 0 Å². The summed E-state index contributed by atoms with van der Waals surface area (Å²) in [6.07, 6.45) is 27.8. The molecule has 3 N–H and O–H groups in total. The van der Waals surface area contributed by atoms with Gasteiger partial charge < -0.3 is 33.8 Å². The van der Waals surface area contributed by atoms with E-state index in [4.69, 9.17) is 37.0 Å². The molecule has 19 heteroatoms. The van der Waals surface area contributed by atoms with Gasteiger partial charge in [-0.1, -0.05) is 202 Å². The van der Waals surface area contributed by atoms with E-state index in [1.54, 1.807) is 0 Å². The van der Waals surface area contributed by atoms with E-state index in [2.05, 4.69) is 34.6 Å². The third kappa shape index (κ3) is 47.8. The van der Waals surface area contributed by atoms with Gasteiger partial charge in [-0.25, -0.2) is 9.13 Å². The molecule has 0 aromatic heterocycles. The summed E-state index contributed by atoms with van der Waals surface area (Å²) in [5, 5.41) is 10.4. The minimum absolute atomic E-state index is 0.0986. The smallest absolute Gasteiger partial charge is 0.462 e. The molecule has 72 heavy (non-hydrogen) atoms. The Balaban J connectivity index is 4.99. The number of rotatable bonds is 53. The molecular weight excluding hydrogens is 971 g/mol. The second kappa shape index (κ2) is 47.5. The summed E-state index contributed by atoms with van der Waals surface area (Å²) in [6, 6.07) is 0. The van der Waals surface area contributed by atoms with Crippen LogP contribution in [0.25, 0.3) is 0 Å². The number of hydrogen-bond acceptors (Lipinski definition) is 15. The second-order valence-corrected chi connectivity index (χ2v) is 22.6. The van der Waals surface area contributed by atoms with E-state index in [0.29, 0.717) is 25.7 Å². The van der Waals surface area contributed by atoms with E-state index >= 15 is 0 Å². The lowest BCUT2D eigenvalue weighted by Crippen LogP contribution is -2.30.